The molecular formula is C34H43ClN2O4S. The molecular weight excluding hydrogens is 568 g/mol. The molecule has 0 radical (unpaired) electrons. The normalized spacial score (nSPS) is 34.1. The van der Waals surface area contributed by atoms with E-state index in [4.69, 9.17) is 21.1 Å². The quantitative estimate of drug-likeness (QED) is 0.342. The molecule has 1 fully saturated rings. The molecule has 226 valence electrons. The number of ether oxygens (including phenoxy) is 2. The Labute approximate surface area is 258 Å². The first-order chi connectivity index (χ1) is 20.2. The standard InChI is InChI=1S/C34H43ClN2O4S/c1-22-7-5-9-31(40-4)28-13-10-26(28)19-37-20-34(16-6-8-24-17-27(35)12-14-29(24)34)21-41-32-15-11-25(18-30(32)37)33(38)36(3)42(39)23(22)2/h5,9,11-12,14-15,17-18,22-23,26,28,31H,6-8,10,13,16,19-21H2,1-4H3/b9-5+/t22?,23?,26?,28?,31?,34-,42?/m0/s1. The first-order valence-corrected chi connectivity index (χ1v) is 16.9. The third-order valence-corrected chi connectivity index (χ3v) is 12.5. The highest BCUT2D eigenvalue weighted by Crippen LogP contribution is 2.47. The summed E-state index contributed by atoms with van der Waals surface area (Å²) in [6.45, 7) is 6.33. The Morgan fingerprint density at radius 1 is 1.14 bits per heavy atom. The zero-order chi connectivity index (χ0) is 29.6. The summed E-state index contributed by atoms with van der Waals surface area (Å²) in [6.07, 6.45) is 10.7. The number of benzene rings is 2. The zero-order valence-electron chi connectivity index (χ0n) is 25.2. The van der Waals surface area contributed by atoms with Gasteiger partial charge >= 0.3 is 0 Å². The average molecular weight is 611 g/mol. The third kappa shape index (κ3) is 5.41. The lowest BCUT2D eigenvalue weighted by Gasteiger charge is -2.46. The molecule has 8 heteroatoms. The monoisotopic (exact) mass is 610 g/mol. The highest BCUT2D eigenvalue weighted by atomic mass is 35.5. The number of hydrogen-bond acceptors (Lipinski definition) is 5. The molecule has 1 amide bonds. The van der Waals surface area contributed by atoms with Crippen LogP contribution in [0.2, 0.25) is 5.02 Å². The lowest BCUT2D eigenvalue weighted by Crippen LogP contribution is -2.49. The summed E-state index contributed by atoms with van der Waals surface area (Å²) in [5, 5.41) is 0.604. The average Bonchev–Trinajstić information content (AvgIpc) is 3.13. The fourth-order valence-corrected chi connectivity index (χ4v) is 8.98. The fourth-order valence-electron chi connectivity index (χ4n) is 7.51. The van der Waals surface area contributed by atoms with Gasteiger partial charge in [0, 0.05) is 43.2 Å². The van der Waals surface area contributed by atoms with Crippen molar-refractivity contribution in [1.29, 1.82) is 0 Å². The second-order valence-corrected chi connectivity index (χ2v) is 15.2. The topological polar surface area (TPSA) is 59.1 Å². The number of fused-ring (bicyclic) bond motifs is 4. The summed E-state index contributed by atoms with van der Waals surface area (Å²) >= 11 is 6.43. The molecule has 0 saturated heterocycles. The van der Waals surface area contributed by atoms with Gasteiger partial charge in [0.15, 0.2) is 0 Å². The zero-order valence-corrected chi connectivity index (χ0v) is 26.8. The van der Waals surface area contributed by atoms with Gasteiger partial charge in [-0.1, -0.05) is 36.7 Å². The molecule has 6 unspecified atom stereocenters. The largest absolute Gasteiger partial charge is 0.490 e. The van der Waals surface area contributed by atoms with Gasteiger partial charge in [-0.3, -0.25) is 9.10 Å². The molecule has 0 aromatic heterocycles. The van der Waals surface area contributed by atoms with Crippen LogP contribution in [0.5, 0.6) is 5.75 Å². The predicted molar refractivity (Wildman–Crippen MR) is 170 cm³/mol. The number of carbonyl (C=O) groups excluding carboxylic acids is 1. The maximum atomic E-state index is 13.7. The number of rotatable bonds is 1. The van der Waals surface area contributed by atoms with Crippen molar-refractivity contribution >= 4 is 34.2 Å². The molecule has 4 aliphatic rings. The van der Waals surface area contributed by atoms with Gasteiger partial charge < -0.3 is 14.4 Å². The van der Waals surface area contributed by atoms with E-state index in [2.05, 4.69) is 36.1 Å². The van der Waals surface area contributed by atoms with E-state index in [1.165, 1.54) is 15.4 Å². The summed E-state index contributed by atoms with van der Waals surface area (Å²) in [5.41, 5.74) is 3.95. The van der Waals surface area contributed by atoms with E-state index in [0.717, 1.165) is 68.1 Å². The molecule has 1 spiro atoms. The minimum atomic E-state index is -1.46. The number of aryl methyl sites for hydroxylation is 1. The van der Waals surface area contributed by atoms with Crippen LogP contribution in [0.15, 0.2) is 48.6 Å². The minimum absolute atomic E-state index is 0.0504. The molecule has 0 N–H and O–H groups in total. The fraction of sp³-hybridized carbons (Fsp3) is 0.559. The van der Waals surface area contributed by atoms with Gasteiger partial charge in [-0.15, -0.1) is 0 Å². The van der Waals surface area contributed by atoms with Crippen molar-refractivity contribution in [3.63, 3.8) is 0 Å². The van der Waals surface area contributed by atoms with Crippen LogP contribution in [-0.2, 0) is 27.6 Å². The van der Waals surface area contributed by atoms with Gasteiger partial charge in [0.25, 0.3) is 5.91 Å². The number of anilines is 1. The number of methoxy groups -OCH3 is 1. The van der Waals surface area contributed by atoms with Crippen LogP contribution in [0.1, 0.15) is 67.4 Å². The van der Waals surface area contributed by atoms with E-state index in [0.29, 0.717) is 24.0 Å². The predicted octanol–water partition coefficient (Wildman–Crippen LogP) is 6.57. The molecule has 2 heterocycles. The molecule has 6 nitrogen and oxygen atoms in total. The Morgan fingerprint density at radius 2 is 1.98 bits per heavy atom. The van der Waals surface area contributed by atoms with Crippen molar-refractivity contribution in [2.45, 2.75) is 69.1 Å². The maximum Gasteiger partial charge on any atom is 0.265 e. The van der Waals surface area contributed by atoms with Crippen LogP contribution < -0.4 is 9.64 Å². The van der Waals surface area contributed by atoms with Crippen molar-refractivity contribution in [3.05, 3.63) is 70.3 Å². The number of halogens is 1. The maximum absolute atomic E-state index is 13.7. The summed E-state index contributed by atoms with van der Waals surface area (Å²) in [7, 11) is 2.00. The van der Waals surface area contributed by atoms with E-state index < -0.39 is 11.0 Å². The van der Waals surface area contributed by atoms with Crippen molar-refractivity contribution in [2.24, 2.45) is 17.8 Å². The number of nitrogens with zero attached hydrogens (tertiary/aromatic N) is 2. The Hall–Kier alpha value is -2.35. The lowest BCUT2D eigenvalue weighted by molar-refractivity contribution is 0.0131. The SMILES string of the molecule is COC1/C=C/CC(C)C(C)S(=O)N(C)C(=O)c2ccc3c(c2)N(CC2CCC21)C[C@@]1(CCCc2cc(Cl)ccc21)CO3. The summed E-state index contributed by atoms with van der Waals surface area (Å²) in [4.78, 5) is 16.2. The number of allylic oxidation sites excluding steroid dienone is 1. The molecule has 1 saturated carbocycles. The van der Waals surface area contributed by atoms with Crippen molar-refractivity contribution < 1.29 is 18.5 Å². The Kier molecular flexibility index (Phi) is 8.47. The number of hydrogen-bond donors (Lipinski definition) is 0. The van der Waals surface area contributed by atoms with E-state index in [1.54, 1.807) is 7.05 Å². The first-order valence-electron chi connectivity index (χ1n) is 15.4. The molecule has 6 rings (SSSR count). The van der Waals surface area contributed by atoms with E-state index >= 15 is 0 Å². The molecule has 7 atom stereocenters. The van der Waals surface area contributed by atoms with Crippen molar-refractivity contribution in [2.75, 3.05) is 38.8 Å². The minimum Gasteiger partial charge on any atom is -0.490 e. The van der Waals surface area contributed by atoms with Gasteiger partial charge in [0.2, 0.25) is 0 Å². The van der Waals surface area contributed by atoms with Crippen molar-refractivity contribution in [3.8, 4) is 5.75 Å². The Bertz CT molecular complexity index is 1400. The number of amides is 1. The smallest absolute Gasteiger partial charge is 0.265 e. The molecule has 2 bridgehead atoms. The van der Waals surface area contributed by atoms with E-state index in [9.17, 15) is 9.00 Å². The van der Waals surface area contributed by atoms with E-state index in [1.807, 2.05) is 38.3 Å². The van der Waals surface area contributed by atoms with Crippen LogP contribution in [0.4, 0.5) is 5.69 Å². The second kappa shape index (κ2) is 12.0. The van der Waals surface area contributed by atoms with Gasteiger partial charge in [0.1, 0.15) is 16.7 Å². The van der Waals surface area contributed by atoms with Crippen LogP contribution >= 0.6 is 11.6 Å². The first kappa shape index (κ1) is 29.7. The van der Waals surface area contributed by atoms with Gasteiger partial charge in [-0.2, -0.15) is 0 Å². The molecule has 42 heavy (non-hydrogen) atoms. The molecule has 2 aliphatic carbocycles. The summed E-state index contributed by atoms with van der Waals surface area (Å²) in [5.74, 6) is 1.62. The van der Waals surface area contributed by atoms with Crippen LogP contribution in [0.25, 0.3) is 0 Å². The van der Waals surface area contributed by atoms with Crippen LogP contribution in [-0.4, -0.2) is 59.6 Å². The van der Waals surface area contributed by atoms with Crippen molar-refractivity contribution in [1.82, 2.24) is 4.31 Å². The van der Waals surface area contributed by atoms with E-state index in [-0.39, 0.29) is 28.6 Å². The highest BCUT2D eigenvalue weighted by Gasteiger charge is 2.44. The van der Waals surface area contributed by atoms with Gasteiger partial charge in [-0.05, 0) is 105 Å². The van der Waals surface area contributed by atoms with Gasteiger partial charge in [-0.25, -0.2) is 4.21 Å². The molecule has 2 aromatic rings. The Morgan fingerprint density at radius 3 is 2.74 bits per heavy atom. The third-order valence-electron chi connectivity index (χ3n) is 10.4. The summed E-state index contributed by atoms with van der Waals surface area (Å²) in [6, 6.07) is 12.1. The summed E-state index contributed by atoms with van der Waals surface area (Å²) < 4.78 is 27.6. The number of carbonyl (C=O) groups is 1. The highest BCUT2D eigenvalue weighted by molar-refractivity contribution is 7.83. The second-order valence-electron chi connectivity index (χ2n) is 12.9. The van der Waals surface area contributed by atoms with Gasteiger partial charge in [0.05, 0.1) is 23.6 Å². The van der Waals surface area contributed by atoms with Crippen LogP contribution in [0, 0.1) is 17.8 Å². The molecule has 2 aliphatic heterocycles. The Balaban J connectivity index is 1.43. The molecule has 2 aromatic carbocycles. The lowest BCUT2D eigenvalue weighted by atomic mass is 9.68. The van der Waals surface area contributed by atoms with Crippen LogP contribution in [0.3, 0.4) is 0 Å².